The van der Waals surface area contributed by atoms with Gasteiger partial charge in [-0.15, -0.1) is 0 Å². The number of thiazole rings is 1. The van der Waals surface area contributed by atoms with Crippen molar-refractivity contribution in [3.05, 3.63) is 4.88 Å². The number of rotatable bonds is 4. The van der Waals surface area contributed by atoms with Gasteiger partial charge in [0.1, 0.15) is 0 Å². The summed E-state index contributed by atoms with van der Waals surface area (Å²) < 4.78 is 0. The van der Waals surface area contributed by atoms with Crippen LogP contribution in [0, 0.1) is 17.8 Å². The molecule has 0 amide bonds. The highest BCUT2D eigenvalue weighted by Gasteiger charge is 2.51. The molecular formula is C15H22N2O2S. The second-order valence-electron chi connectivity index (χ2n) is 7.06. The molecule has 0 aromatic carbocycles. The number of nitrogens with zero attached hydrogens (tertiary/aromatic N) is 1. The zero-order valence-corrected chi connectivity index (χ0v) is 12.5. The van der Waals surface area contributed by atoms with Gasteiger partial charge in [0, 0.05) is 18.6 Å². The summed E-state index contributed by atoms with van der Waals surface area (Å²) in [6.45, 7) is 0.0621. The number of aliphatic hydroxyl groups is 1. The van der Waals surface area contributed by atoms with Crippen LogP contribution in [0.2, 0.25) is 0 Å². The minimum Gasteiger partial charge on any atom is -0.492 e. The fourth-order valence-corrected chi connectivity index (χ4v) is 6.12. The van der Waals surface area contributed by atoms with Crippen molar-refractivity contribution in [1.82, 2.24) is 4.98 Å². The predicted octanol–water partition coefficient (Wildman–Crippen LogP) is 2.76. The highest BCUT2D eigenvalue weighted by atomic mass is 32.1. The number of aliphatic hydroxyl groups excluding tert-OH is 1. The maximum absolute atomic E-state index is 9.82. The van der Waals surface area contributed by atoms with E-state index in [0.29, 0.717) is 6.42 Å². The predicted molar refractivity (Wildman–Crippen MR) is 79.1 cm³/mol. The molecule has 110 valence electrons. The van der Waals surface area contributed by atoms with Crippen molar-refractivity contribution in [3.63, 3.8) is 0 Å². The number of aromatic nitrogens is 1. The van der Waals surface area contributed by atoms with Gasteiger partial charge in [-0.2, -0.15) is 4.98 Å². The van der Waals surface area contributed by atoms with Gasteiger partial charge in [-0.25, -0.2) is 0 Å². The lowest BCUT2D eigenvalue weighted by molar-refractivity contribution is 0.0107. The van der Waals surface area contributed by atoms with Gasteiger partial charge in [0.15, 0.2) is 5.13 Å². The van der Waals surface area contributed by atoms with Gasteiger partial charge in [-0.3, -0.25) is 0 Å². The van der Waals surface area contributed by atoms with Crippen molar-refractivity contribution in [2.45, 2.75) is 50.5 Å². The smallest absolute Gasteiger partial charge is 0.227 e. The summed E-state index contributed by atoms with van der Waals surface area (Å²) in [4.78, 5) is 5.05. The average molecular weight is 294 g/mol. The molecular weight excluding hydrogens is 272 g/mol. The van der Waals surface area contributed by atoms with E-state index in [9.17, 15) is 5.11 Å². The molecule has 0 aliphatic heterocycles. The molecule has 4 aliphatic rings. The average Bonchev–Trinajstić information content (AvgIpc) is 2.67. The lowest BCUT2D eigenvalue weighted by Crippen LogP contribution is -2.54. The van der Waals surface area contributed by atoms with E-state index in [0.717, 1.165) is 27.8 Å². The summed E-state index contributed by atoms with van der Waals surface area (Å²) in [5.74, 6) is 2.80. The van der Waals surface area contributed by atoms with Gasteiger partial charge in [0.25, 0.3) is 0 Å². The van der Waals surface area contributed by atoms with Gasteiger partial charge < -0.3 is 15.5 Å². The molecule has 4 fully saturated rings. The molecule has 3 N–H and O–H groups in total. The van der Waals surface area contributed by atoms with Gasteiger partial charge >= 0.3 is 0 Å². The van der Waals surface area contributed by atoms with Crippen molar-refractivity contribution in [2.75, 3.05) is 11.9 Å². The molecule has 1 aromatic heterocycles. The van der Waals surface area contributed by atoms with E-state index >= 15 is 0 Å². The second kappa shape index (κ2) is 4.60. The summed E-state index contributed by atoms with van der Waals surface area (Å²) in [5.41, 5.74) is 0.232. The van der Waals surface area contributed by atoms with E-state index in [1.54, 1.807) is 0 Å². The lowest BCUT2D eigenvalue weighted by atomic mass is 9.53. The van der Waals surface area contributed by atoms with Gasteiger partial charge in [-0.1, -0.05) is 11.3 Å². The molecule has 1 aromatic rings. The third-order valence-corrected chi connectivity index (χ3v) is 6.45. The molecule has 4 aliphatic carbocycles. The Bertz CT molecular complexity index is 479. The van der Waals surface area contributed by atoms with Crippen LogP contribution in [0.25, 0.3) is 0 Å². The fourth-order valence-electron chi connectivity index (χ4n) is 5.15. The van der Waals surface area contributed by atoms with Crippen LogP contribution >= 0.6 is 11.3 Å². The molecule has 0 saturated heterocycles. The van der Waals surface area contributed by atoms with Crippen LogP contribution in [0.4, 0.5) is 5.13 Å². The van der Waals surface area contributed by atoms with Crippen molar-refractivity contribution in [1.29, 1.82) is 0 Å². The molecule has 0 atom stereocenters. The van der Waals surface area contributed by atoms with Crippen LogP contribution in [0.15, 0.2) is 0 Å². The monoisotopic (exact) mass is 294 g/mol. The Hall–Kier alpha value is -0.810. The van der Waals surface area contributed by atoms with Gasteiger partial charge in [0.2, 0.25) is 5.88 Å². The van der Waals surface area contributed by atoms with E-state index in [4.69, 9.17) is 5.11 Å². The maximum Gasteiger partial charge on any atom is 0.227 e. The number of hydrogen-bond acceptors (Lipinski definition) is 5. The van der Waals surface area contributed by atoms with E-state index in [1.807, 2.05) is 0 Å². The standard InChI is InChI=1S/C15H22N2O2S/c18-2-1-12-13(19)16-14(20-12)17-15-6-9-3-10(7-15)5-11(4-9)8-15/h9-11,18-19H,1-8H2,(H,16,17). The van der Waals surface area contributed by atoms with Crippen LogP contribution < -0.4 is 5.32 Å². The second-order valence-corrected chi connectivity index (χ2v) is 8.15. The molecule has 0 radical (unpaired) electrons. The van der Waals surface area contributed by atoms with Crippen LogP contribution in [0.5, 0.6) is 5.88 Å². The van der Waals surface area contributed by atoms with E-state index in [2.05, 4.69) is 10.3 Å². The minimum atomic E-state index is 0.0621. The Labute approximate surface area is 123 Å². The topological polar surface area (TPSA) is 65.4 Å². The molecule has 5 rings (SSSR count). The maximum atomic E-state index is 9.82. The first kappa shape index (κ1) is 12.9. The zero-order valence-electron chi connectivity index (χ0n) is 11.6. The van der Waals surface area contributed by atoms with Gasteiger partial charge in [-0.05, 0) is 56.3 Å². The molecule has 4 nitrogen and oxygen atoms in total. The Morgan fingerprint density at radius 3 is 2.30 bits per heavy atom. The quantitative estimate of drug-likeness (QED) is 0.799. The number of anilines is 1. The SMILES string of the molecule is OCCc1sc(NC23CC4CC(CC(C4)C2)C3)nc1O. The van der Waals surface area contributed by atoms with E-state index < -0.39 is 0 Å². The zero-order chi connectivity index (χ0) is 13.7. The summed E-state index contributed by atoms with van der Waals surface area (Å²) in [6, 6.07) is 0. The van der Waals surface area contributed by atoms with E-state index in [-0.39, 0.29) is 18.0 Å². The Morgan fingerprint density at radius 2 is 1.75 bits per heavy atom. The normalized spacial score (nSPS) is 38.4. The Balaban J connectivity index is 1.55. The first-order chi connectivity index (χ1) is 9.66. The number of hydrogen-bond donors (Lipinski definition) is 3. The highest BCUT2D eigenvalue weighted by molar-refractivity contribution is 7.15. The van der Waals surface area contributed by atoms with Crippen molar-refractivity contribution in [2.24, 2.45) is 17.8 Å². The van der Waals surface area contributed by atoms with Crippen LogP contribution in [-0.4, -0.2) is 27.3 Å². The summed E-state index contributed by atoms with van der Waals surface area (Å²) in [5, 5.41) is 23.3. The molecule has 0 spiro atoms. The number of aromatic hydroxyl groups is 1. The third-order valence-electron chi connectivity index (χ3n) is 5.43. The first-order valence-corrected chi connectivity index (χ1v) is 8.55. The Kier molecular flexibility index (Phi) is 2.96. The first-order valence-electron chi connectivity index (χ1n) is 7.73. The lowest BCUT2D eigenvalue weighted by Gasteiger charge is -2.56. The molecule has 0 unspecified atom stereocenters. The van der Waals surface area contributed by atoms with E-state index in [1.165, 1.54) is 49.9 Å². The molecule has 4 bridgehead atoms. The van der Waals surface area contributed by atoms with Crippen LogP contribution in [0.3, 0.4) is 0 Å². The molecule has 4 saturated carbocycles. The van der Waals surface area contributed by atoms with Crippen LogP contribution in [0.1, 0.15) is 43.4 Å². The fraction of sp³-hybridized carbons (Fsp3) is 0.800. The van der Waals surface area contributed by atoms with Crippen LogP contribution in [-0.2, 0) is 6.42 Å². The molecule has 1 heterocycles. The molecule has 5 heteroatoms. The summed E-state index contributed by atoms with van der Waals surface area (Å²) in [7, 11) is 0. The van der Waals surface area contributed by atoms with Crippen molar-refractivity contribution < 1.29 is 10.2 Å². The summed E-state index contributed by atoms with van der Waals surface area (Å²) >= 11 is 1.50. The number of nitrogens with one attached hydrogen (secondary N) is 1. The largest absolute Gasteiger partial charge is 0.492 e. The highest BCUT2D eigenvalue weighted by Crippen LogP contribution is 2.56. The minimum absolute atomic E-state index is 0.0621. The van der Waals surface area contributed by atoms with Crippen molar-refractivity contribution in [3.8, 4) is 5.88 Å². The third kappa shape index (κ3) is 2.11. The summed E-state index contributed by atoms with van der Waals surface area (Å²) in [6.07, 6.45) is 8.60. The Morgan fingerprint density at radius 1 is 1.15 bits per heavy atom. The molecule has 20 heavy (non-hydrogen) atoms. The van der Waals surface area contributed by atoms with Gasteiger partial charge in [0.05, 0.1) is 4.88 Å². The van der Waals surface area contributed by atoms with Crippen molar-refractivity contribution >= 4 is 16.5 Å².